The van der Waals surface area contributed by atoms with E-state index in [9.17, 15) is 9.59 Å². The minimum atomic E-state index is -0.158. The molecule has 7 heteroatoms. The second-order valence-corrected chi connectivity index (χ2v) is 7.81. The van der Waals surface area contributed by atoms with E-state index in [1.54, 1.807) is 36.9 Å². The third-order valence-corrected chi connectivity index (χ3v) is 5.96. The molecule has 1 N–H and O–H groups in total. The molecule has 1 atom stereocenters. The van der Waals surface area contributed by atoms with Crippen molar-refractivity contribution in [1.82, 2.24) is 0 Å². The van der Waals surface area contributed by atoms with Gasteiger partial charge in [-0.2, -0.15) is 0 Å². The quantitative estimate of drug-likeness (QED) is 0.683. The van der Waals surface area contributed by atoms with E-state index in [-0.39, 0.29) is 17.2 Å². The van der Waals surface area contributed by atoms with Crippen LogP contribution in [0.25, 0.3) is 0 Å². The molecule has 0 unspecified atom stereocenters. The molecule has 2 aromatic carbocycles. The fraction of sp³-hybridized carbons (Fsp3) is 0.364. The summed E-state index contributed by atoms with van der Waals surface area (Å²) in [5.74, 6) is 1.71. The second kappa shape index (κ2) is 9.69. The Hall–Kier alpha value is -2.67. The number of nitrogens with one attached hydrogen (secondary N) is 1. The molecule has 6 nitrogen and oxygen atoms in total. The molecule has 1 saturated heterocycles. The Kier molecular flexibility index (Phi) is 7.04. The van der Waals surface area contributed by atoms with Gasteiger partial charge in [-0.25, -0.2) is 0 Å². The molecule has 154 valence electrons. The smallest absolute Gasteiger partial charge is 0.238 e. The van der Waals surface area contributed by atoms with Gasteiger partial charge in [-0.1, -0.05) is 25.5 Å². The summed E-state index contributed by atoms with van der Waals surface area (Å²) < 4.78 is 10.8. The number of anilines is 2. The van der Waals surface area contributed by atoms with Gasteiger partial charge >= 0.3 is 0 Å². The lowest BCUT2D eigenvalue weighted by Gasteiger charge is -2.26. The van der Waals surface area contributed by atoms with E-state index in [1.165, 1.54) is 0 Å². The van der Waals surface area contributed by atoms with Gasteiger partial charge in [0.25, 0.3) is 0 Å². The number of methoxy groups -OCH3 is 2. The van der Waals surface area contributed by atoms with Gasteiger partial charge in [-0.15, -0.1) is 11.8 Å². The van der Waals surface area contributed by atoms with Crippen LogP contribution in [-0.2, 0) is 9.59 Å². The lowest BCUT2D eigenvalue weighted by Crippen LogP contribution is -2.28. The van der Waals surface area contributed by atoms with Crippen LogP contribution in [0.3, 0.4) is 0 Å². The highest BCUT2D eigenvalue weighted by molar-refractivity contribution is 8.00. The second-order valence-electron chi connectivity index (χ2n) is 6.74. The van der Waals surface area contributed by atoms with Gasteiger partial charge in [0.05, 0.1) is 25.7 Å². The lowest BCUT2D eigenvalue weighted by atomic mass is 10.1. The molecular formula is C22H26N2O4S. The minimum Gasteiger partial charge on any atom is -0.497 e. The van der Waals surface area contributed by atoms with E-state index < -0.39 is 0 Å². The largest absolute Gasteiger partial charge is 0.497 e. The summed E-state index contributed by atoms with van der Waals surface area (Å²) in [6.45, 7) is 2.06. The van der Waals surface area contributed by atoms with Gasteiger partial charge in [-0.05, 0) is 36.2 Å². The highest BCUT2D eigenvalue weighted by Gasteiger charge is 2.35. The average molecular weight is 415 g/mol. The number of hydrogen-bond donors (Lipinski definition) is 1. The molecule has 1 aliphatic heterocycles. The summed E-state index contributed by atoms with van der Waals surface area (Å²) in [6, 6.07) is 13.1. The Labute approximate surface area is 175 Å². The molecule has 2 amide bonds. The molecular weight excluding hydrogens is 388 g/mol. The number of carbonyl (C=O) groups excluding carboxylic acids is 2. The number of rotatable bonds is 8. The van der Waals surface area contributed by atoms with Crippen molar-refractivity contribution < 1.29 is 19.1 Å². The third kappa shape index (κ3) is 4.85. The van der Waals surface area contributed by atoms with Crippen molar-refractivity contribution in [1.29, 1.82) is 0 Å². The summed E-state index contributed by atoms with van der Waals surface area (Å²) in [6.07, 6.45) is 2.39. The van der Waals surface area contributed by atoms with Gasteiger partial charge < -0.3 is 14.8 Å². The first-order chi connectivity index (χ1) is 14.1. The first-order valence-corrected chi connectivity index (χ1v) is 10.7. The topological polar surface area (TPSA) is 67.9 Å². The van der Waals surface area contributed by atoms with E-state index in [0.29, 0.717) is 29.4 Å². The molecule has 1 heterocycles. The van der Waals surface area contributed by atoms with Crippen molar-refractivity contribution in [2.75, 3.05) is 30.2 Å². The molecule has 2 aromatic rings. The highest BCUT2D eigenvalue weighted by atomic mass is 32.2. The third-order valence-electron chi connectivity index (χ3n) is 4.75. The van der Waals surface area contributed by atoms with Crippen molar-refractivity contribution in [2.45, 2.75) is 31.6 Å². The zero-order valence-electron chi connectivity index (χ0n) is 16.9. The van der Waals surface area contributed by atoms with E-state index in [4.69, 9.17) is 9.47 Å². The fourth-order valence-electron chi connectivity index (χ4n) is 3.21. The van der Waals surface area contributed by atoms with Crippen molar-refractivity contribution in [2.24, 2.45) is 0 Å². The summed E-state index contributed by atoms with van der Waals surface area (Å²) in [4.78, 5) is 26.3. The number of hydrogen-bond acceptors (Lipinski definition) is 5. The molecule has 0 aliphatic carbocycles. The number of ether oxygens (including phenoxy) is 2. The van der Waals surface area contributed by atoms with Crippen molar-refractivity contribution in [3.05, 3.63) is 48.0 Å². The predicted octanol–water partition coefficient (Wildman–Crippen LogP) is 4.61. The maximum atomic E-state index is 12.7. The Morgan fingerprint density at radius 3 is 2.59 bits per heavy atom. The molecule has 0 aromatic heterocycles. The summed E-state index contributed by atoms with van der Waals surface area (Å²) >= 11 is 1.57. The van der Waals surface area contributed by atoms with E-state index >= 15 is 0 Å². The van der Waals surface area contributed by atoms with Crippen molar-refractivity contribution in [3.8, 4) is 11.5 Å². The van der Waals surface area contributed by atoms with Gasteiger partial charge in [0.2, 0.25) is 11.8 Å². The Morgan fingerprint density at radius 2 is 1.93 bits per heavy atom. The van der Waals surface area contributed by atoms with Crippen LogP contribution in [0.2, 0.25) is 0 Å². The number of amides is 2. The van der Waals surface area contributed by atoms with Crippen LogP contribution in [0.5, 0.6) is 11.5 Å². The van der Waals surface area contributed by atoms with E-state index in [2.05, 4.69) is 12.2 Å². The van der Waals surface area contributed by atoms with E-state index in [0.717, 1.165) is 24.1 Å². The maximum Gasteiger partial charge on any atom is 0.238 e. The Morgan fingerprint density at radius 1 is 1.17 bits per heavy atom. The maximum absolute atomic E-state index is 12.7. The molecule has 29 heavy (non-hydrogen) atoms. The van der Waals surface area contributed by atoms with Gasteiger partial charge in [0, 0.05) is 18.2 Å². The van der Waals surface area contributed by atoms with Crippen molar-refractivity contribution in [3.63, 3.8) is 0 Å². The minimum absolute atomic E-state index is 0.0228. The highest BCUT2D eigenvalue weighted by Crippen LogP contribution is 2.45. The van der Waals surface area contributed by atoms with Crippen molar-refractivity contribution >= 4 is 35.0 Å². The SMILES string of the molecule is CCCCC(=O)Nc1ccc([C@@H]2SCC(=O)N2c2ccc(OC)cc2OC)cc1. The summed E-state index contributed by atoms with van der Waals surface area (Å²) in [5, 5.41) is 2.76. The standard InChI is InChI=1S/C22H26N2O4S/c1-4-5-6-20(25)23-16-9-7-15(8-10-16)22-24(21(26)14-29-22)18-12-11-17(27-2)13-19(18)28-3/h7-13,22H,4-6,14H2,1-3H3,(H,23,25)/t22-/m0/s1. The first-order valence-electron chi connectivity index (χ1n) is 9.63. The average Bonchev–Trinajstić information content (AvgIpc) is 3.13. The van der Waals surface area contributed by atoms with Crippen LogP contribution in [0.1, 0.15) is 37.1 Å². The summed E-state index contributed by atoms with van der Waals surface area (Å²) in [7, 11) is 3.17. The van der Waals surface area contributed by atoms with Crippen LogP contribution in [0, 0.1) is 0 Å². The molecule has 0 radical (unpaired) electrons. The number of nitrogens with zero attached hydrogens (tertiary/aromatic N) is 1. The molecule has 3 rings (SSSR count). The van der Waals surface area contributed by atoms with Crippen LogP contribution < -0.4 is 19.7 Å². The predicted molar refractivity (Wildman–Crippen MR) is 117 cm³/mol. The number of carbonyl (C=O) groups is 2. The lowest BCUT2D eigenvalue weighted by molar-refractivity contribution is -0.116. The van der Waals surface area contributed by atoms with Gasteiger partial charge in [0.1, 0.15) is 16.9 Å². The van der Waals surface area contributed by atoms with Crippen LogP contribution >= 0.6 is 11.8 Å². The number of benzene rings is 2. The number of thioether (sulfide) groups is 1. The molecule has 0 bridgehead atoms. The normalized spacial score (nSPS) is 16.0. The Bertz CT molecular complexity index is 870. The molecule has 1 aliphatic rings. The number of unbranched alkanes of at least 4 members (excludes halogenated alkanes) is 1. The van der Waals surface area contributed by atoms with Crippen LogP contribution in [0.15, 0.2) is 42.5 Å². The molecule has 0 spiro atoms. The van der Waals surface area contributed by atoms with Gasteiger partial charge in [-0.3, -0.25) is 14.5 Å². The molecule has 0 saturated carbocycles. The fourth-order valence-corrected chi connectivity index (χ4v) is 4.38. The zero-order valence-corrected chi connectivity index (χ0v) is 17.8. The molecule has 1 fully saturated rings. The Balaban J connectivity index is 1.81. The first kappa shape index (κ1) is 21.0. The van der Waals surface area contributed by atoms with E-state index in [1.807, 2.05) is 36.4 Å². The van der Waals surface area contributed by atoms with Gasteiger partial charge in [0.15, 0.2) is 0 Å². The monoisotopic (exact) mass is 414 g/mol. The van der Waals surface area contributed by atoms with Crippen LogP contribution in [0.4, 0.5) is 11.4 Å². The zero-order chi connectivity index (χ0) is 20.8. The van der Waals surface area contributed by atoms with Crippen LogP contribution in [-0.4, -0.2) is 31.8 Å². The summed E-state index contributed by atoms with van der Waals surface area (Å²) in [5.41, 5.74) is 2.47.